The minimum Gasteiger partial charge on any atom is -0.373 e. The van der Waals surface area contributed by atoms with Gasteiger partial charge in [0.25, 0.3) is 0 Å². The van der Waals surface area contributed by atoms with E-state index in [-0.39, 0.29) is 0 Å². The van der Waals surface area contributed by atoms with Crippen LogP contribution < -0.4 is 10.6 Å². The zero-order valence-corrected chi connectivity index (χ0v) is 17.4. The van der Waals surface area contributed by atoms with Crippen molar-refractivity contribution in [2.45, 2.75) is 95.4 Å². The van der Waals surface area contributed by atoms with Crippen LogP contribution in [0.1, 0.15) is 77.0 Å². The van der Waals surface area contributed by atoms with Crippen LogP contribution in [-0.2, 0) is 0 Å². The number of allylic oxidation sites excluding steroid dienone is 1. The maximum atomic E-state index is 10.6. The molecule has 4 nitrogen and oxygen atoms in total. The number of aliphatic hydroxyl groups excluding tert-OH is 1. The number of hydrogen-bond donors (Lipinski definition) is 3. The van der Waals surface area contributed by atoms with Crippen LogP contribution in [0.25, 0.3) is 0 Å². The van der Waals surface area contributed by atoms with E-state index < -0.39 is 6.23 Å². The number of fused-ring (bicyclic) bond motifs is 2. The van der Waals surface area contributed by atoms with Gasteiger partial charge in [-0.1, -0.05) is 18.1 Å². The fourth-order valence-electron chi connectivity index (χ4n) is 6.47. The van der Waals surface area contributed by atoms with E-state index in [0.29, 0.717) is 12.1 Å². The van der Waals surface area contributed by atoms with Crippen LogP contribution in [0.4, 0.5) is 0 Å². The molecule has 2 saturated carbocycles. The van der Waals surface area contributed by atoms with E-state index in [9.17, 15) is 5.11 Å². The highest BCUT2D eigenvalue weighted by molar-refractivity contribution is 5.89. The van der Waals surface area contributed by atoms with Crippen molar-refractivity contribution in [2.24, 2.45) is 28.7 Å². The Labute approximate surface area is 170 Å². The monoisotopic (exact) mass is 385 g/mol. The molecule has 2 aliphatic heterocycles. The van der Waals surface area contributed by atoms with Gasteiger partial charge in [0.15, 0.2) is 0 Å². The summed E-state index contributed by atoms with van der Waals surface area (Å²) >= 11 is 0. The molecule has 28 heavy (non-hydrogen) atoms. The normalized spacial score (nSPS) is 41.3. The third-order valence-electron chi connectivity index (χ3n) is 8.36. The third kappa shape index (κ3) is 4.55. The van der Waals surface area contributed by atoms with Gasteiger partial charge in [-0.3, -0.25) is 10.3 Å². The first-order chi connectivity index (χ1) is 13.7. The Morgan fingerprint density at radius 1 is 1.07 bits per heavy atom. The lowest BCUT2D eigenvalue weighted by Gasteiger charge is -2.35. The molecule has 7 unspecified atom stereocenters. The number of nitrogens with one attached hydrogen (secondary N) is 2. The molecular formula is C24H39N3O. The first-order valence-electron chi connectivity index (χ1n) is 12.1. The minimum atomic E-state index is -0.560. The zero-order chi connectivity index (χ0) is 18.9. The zero-order valence-electron chi connectivity index (χ0n) is 17.4. The van der Waals surface area contributed by atoms with Crippen molar-refractivity contribution >= 4 is 5.71 Å². The Morgan fingerprint density at radius 3 is 2.89 bits per heavy atom. The van der Waals surface area contributed by atoms with Gasteiger partial charge in [-0.05, 0) is 101 Å². The molecule has 2 heterocycles. The van der Waals surface area contributed by atoms with Gasteiger partial charge in [0.2, 0.25) is 0 Å². The van der Waals surface area contributed by atoms with Gasteiger partial charge in [-0.25, -0.2) is 0 Å². The van der Waals surface area contributed by atoms with Crippen molar-refractivity contribution in [1.82, 2.24) is 10.6 Å². The predicted octanol–water partition coefficient (Wildman–Crippen LogP) is 3.80. The van der Waals surface area contributed by atoms with Crippen LogP contribution in [0.5, 0.6) is 0 Å². The molecule has 1 saturated heterocycles. The van der Waals surface area contributed by atoms with E-state index in [1.165, 1.54) is 63.4 Å². The molecule has 3 fully saturated rings. The molecule has 0 aromatic carbocycles. The lowest BCUT2D eigenvalue weighted by Crippen LogP contribution is -2.49. The maximum Gasteiger partial charge on any atom is 0.144 e. The van der Waals surface area contributed by atoms with Crippen LogP contribution in [0, 0.1) is 23.7 Å². The summed E-state index contributed by atoms with van der Waals surface area (Å²) in [5.41, 5.74) is 2.48. The van der Waals surface area contributed by atoms with E-state index in [4.69, 9.17) is 4.99 Å². The van der Waals surface area contributed by atoms with E-state index in [1.54, 1.807) is 6.42 Å². The lowest BCUT2D eigenvalue weighted by molar-refractivity contribution is 0.197. The van der Waals surface area contributed by atoms with Gasteiger partial charge in [-0.2, -0.15) is 0 Å². The van der Waals surface area contributed by atoms with Crippen molar-refractivity contribution in [3.8, 4) is 0 Å². The predicted molar refractivity (Wildman–Crippen MR) is 114 cm³/mol. The molecule has 3 N–H and O–H groups in total. The Balaban J connectivity index is 1.05. The molecule has 3 aliphatic carbocycles. The van der Waals surface area contributed by atoms with Gasteiger partial charge < -0.3 is 10.4 Å². The molecule has 0 aromatic rings. The molecular weight excluding hydrogens is 346 g/mol. The largest absolute Gasteiger partial charge is 0.373 e. The maximum absolute atomic E-state index is 10.6. The number of aliphatic hydroxyl groups is 1. The summed E-state index contributed by atoms with van der Waals surface area (Å²) in [4.78, 5) is 4.88. The summed E-state index contributed by atoms with van der Waals surface area (Å²) < 4.78 is 0. The first kappa shape index (κ1) is 19.3. The second-order valence-electron chi connectivity index (χ2n) is 10.4. The van der Waals surface area contributed by atoms with Crippen LogP contribution in [-0.4, -0.2) is 42.2 Å². The van der Waals surface area contributed by atoms with Gasteiger partial charge in [-0.15, -0.1) is 0 Å². The van der Waals surface area contributed by atoms with E-state index in [0.717, 1.165) is 55.3 Å². The SMILES string of the molecule is OC(NCC1=CCC(CC2CCC3CC3C2)CC1)C1=NC2CCCNC2CC1. The molecule has 0 amide bonds. The van der Waals surface area contributed by atoms with Crippen molar-refractivity contribution in [1.29, 1.82) is 0 Å². The third-order valence-corrected chi connectivity index (χ3v) is 8.36. The second kappa shape index (κ2) is 8.57. The first-order valence-corrected chi connectivity index (χ1v) is 12.1. The van der Waals surface area contributed by atoms with Gasteiger partial charge >= 0.3 is 0 Å². The molecule has 0 bridgehead atoms. The molecule has 4 heteroatoms. The van der Waals surface area contributed by atoms with Gasteiger partial charge in [0, 0.05) is 12.6 Å². The Morgan fingerprint density at radius 2 is 2.04 bits per heavy atom. The fraction of sp³-hybridized carbons (Fsp3) is 0.875. The van der Waals surface area contributed by atoms with Crippen LogP contribution in [0.2, 0.25) is 0 Å². The lowest BCUT2D eigenvalue weighted by atomic mass is 9.78. The Hall–Kier alpha value is -0.710. The van der Waals surface area contributed by atoms with Crippen LogP contribution in [0.3, 0.4) is 0 Å². The quantitative estimate of drug-likeness (QED) is 0.481. The van der Waals surface area contributed by atoms with Crippen LogP contribution in [0.15, 0.2) is 16.6 Å². The molecule has 156 valence electrons. The summed E-state index contributed by atoms with van der Waals surface area (Å²) in [6.45, 7) is 1.95. The molecule has 0 aromatic heterocycles. The fourth-order valence-corrected chi connectivity index (χ4v) is 6.47. The molecule has 5 aliphatic rings. The molecule has 5 rings (SSSR count). The minimum absolute atomic E-state index is 0.384. The Bertz CT molecular complexity index is 615. The van der Waals surface area contributed by atoms with Crippen molar-refractivity contribution in [2.75, 3.05) is 13.1 Å². The van der Waals surface area contributed by atoms with Crippen molar-refractivity contribution in [3.63, 3.8) is 0 Å². The van der Waals surface area contributed by atoms with Crippen molar-refractivity contribution < 1.29 is 5.11 Å². The smallest absolute Gasteiger partial charge is 0.144 e. The summed E-state index contributed by atoms with van der Waals surface area (Å²) in [6, 6.07) is 0.923. The van der Waals surface area contributed by atoms with E-state index >= 15 is 0 Å². The molecule has 0 spiro atoms. The van der Waals surface area contributed by atoms with Gasteiger partial charge in [0.05, 0.1) is 11.8 Å². The summed E-state index contributed by atoms with van der Waals surface area (Å²) in [6.07, 6.45) is 17.7. The number of aliphatic imine (C=N–C) groups is 1. The summed E-state index contributed by atoms with van der Waals surface area (Å²) in [7, 11) is 0. The highest BCUT2D eigenvalue weighted by atomic mass is 16.3. The summed E-state index contributed by atoms with van der Waals surface area (Å²) in [5, 5.41) is 17.5. The summed E-state index contributed by atoms with van der Waals surface area (Å²) in [5.74, 6) is 4.17. The van der Waals surface area contributed by atoms with Crippen LogP contribution >= 0.6 is 0 Å². The standard InChI is InChI=1S/C24H39N3O/c28-24(23-10-9-21-22(27-23)2-1-11-25-21)26-15-17-5-3-16(4-6-17)12-18-7-8-19-14-20(19)13-18/h5,16,18-22,24-26,28H,1-4,6-15H2. The average Bonchev–Trinajstić information content (AvgIpc) is 3.51. The molecule has 0 radical (unpaired) electrons. The topological polar surface area (TPSA) is 56.6 Å². The van der Waals surface area contributed by atoms with E-state index in [1.807, 2.05) is 0 Å². The number of nitrogens with zero attached hydrogens (tertiary/aromatic N) is 1. The highest BCUT2D eigenvalue weighted by Crippen LogP contribution is 2.52. The number of piperidine rings is 1. The Kier molecular flexibility index (Phi) is 5.90. The highest BCUT2D eigenvalue weighted by Gasteiger charge is 2.42. The van der Waals surface area contributed by atoms with Gasteiger partial charge in [0.1, 0.15) is 6.23 Å². The number of rotatable bonds is 6. The number of hydrogen-bond acceptors (Lipinski definition) is 4. The molecule has 7 atom stereocenters. The van der Waals surface area contributed by atoms with Crippen molar-refractivity contribution in [3.05, 3.63) is 11.6 Å². The van der Waals surface area contributed by atoms with E-state index in [2.05, 4.69) is 16.7 Å². The second-order valence-corrected chi connectivity index (χ2v) is 10.4. The average molecular weight is 386 g/mol.